The summed E-state index contributed by atoms with van der Waals surface area (Å²) in [5.74, 6) is 2.55. The van der Waals surface area contributed by atoms with Crippen LogP contribution in [0.2, 0.25) is 5.02 Å². The minimum atomic E-state index is 0.408. The minimum absolute atomic E-state index is 0.408. The molecule has 1 aliphatic rings. The lowest BCUT2D eigenvalue weighted by atomic mass is 10.1. The van der Waals surface area contributed by atoms with Crippen molar-refractivity contribution in [2.45, 2.75) is 25.3 Å². The molecule has 0 aliphatic heterocycles. The molecule has 3 rings (SSSR count). The van der Waals surface area contributed by atoms with Crippen molar-refractivity contribution in [3.8, 4) is 17.1 Å². The van der Waals surface area contributed by atoms with Gasteiger partial charge < -0.3 is 14.6 Å². The zero-order valence-corrected chi connectivity index (χ0v) is 12.9. The number of halogens is 1. The van der Waals surface area contributed by atoms with E-state index in [0.29, 0.717) is 28.5 Å². The lowest BCUT2D eigenvalue weighted by Gasteiger charge is -2.11. The third-order valence-corrected chi connectivity index (χ3v) is 4.06. The van der Waals surface area contributed by atoms with E-state index in [2.05, 4.69) is 15.5 Å². The van der Waals surface area contributed by atoms with Crippen LogP contribution in [-0.2, 0) is 6.42 Å². The molecule has 1 N–H and O–H groups in total. The number of aromatic nitrogens is 2. The van der Waals surface area contributed by atoms with Gasteiger partial charge in [0.2, 0.25) is 11.7 Å². The van der Waals surface area contributed by atoms with Gasteiger partial charge in [0.25, 0.3) is 0 Å². The van der Waals surface area contributed by atoms with Gasteiger partial charge in [-0.3, -0.25) is 0 Å². The van der Waals surface area contributed by atoms with E-state index < -0.39 is 0 Å². The molecule has 1 aromatic heterocycles. The largest absolute Gasteiger partial charge is 0.496 e. The number of ether oxygens (including phenoxy) is 1. The van der Waals surface area contributed by atoms with Gasteiger partial charge in [-0.25, -0.2) is 0 Å². The fourth-order valence-electron chi connectivity index (χ4n) is 2.49. The molecule has 1 heterocycles. The van der Waals surface area contributed by atoms with E-state index in [1.165, 1.54) is 12.8 Å². The molecule has 0 saturated heterocycles. The first kappa shape index (κ1) is 14.4. The maximum absolute atomic E-state index is 5.97. The topological polar surface area (TPSA) is 60.2 Å². The maximum Gasteiger partial charge on any atom is 0.228 e. The molecule has 112 valence electrons. The second-order valence-corrected chi connectivity index (χ2v) is 5.73. The van der Waals surface area contributed by atoms with Crippen LogP contribution >= 0.6 is 11.6 Å². The van der Waals surface area contributed by atoms with Gasteiger partial charge in [0.1, 0.15) is 5.75 Å². The van der Waals surface area contributed by atoms with Gasteiger partial charge in [0, 0.05) is 17.5 Å². The van der Waals surface area contributed by atoms with Crippen molar-refractivity contribution in [1.29, 1.82) is 0 Å². The van der Waals surface area contributed by atoms with Gasteiger partial charge >= 0.3 is 0 Å². The smallest absolute Gasteiger partial charge is 0.228 e. The molecule has 0 radical (unpaired) electrons. The first-order chi connectivity index (χ1) is 10.2. The van der Waals surface area contributed by atoms with Gasteiger partial charge in [-0.05, 0) is 44.0 Å². The molecule has 0 amide bonds. The van der Waals surface area contributed by atoms with E-state index in [0.717, 1.165) is 17.9 Å². The predicted octanol–water partition coefficient (Wildman–Crippen LogP) is 2.94. The van der Waals surface area contributed by atoms with Gasteiger partial charge in [0.05, 0.1) is 12.7 Å². The Bertz CT molecular complexity index is 625. The van der Waals surface area contributed by atoms with E-state index in [1.54, 1.807) is 19.2 Å². The van der Waals surface area contributed by atoms with Crippen molar-refractivity contribution in [2.24, 2.45) is 5.92 Å². The lowest BCUT2D eigenvalue weighted by molar-refractivity contribution is 0.352. The van der Waals surface area contributed by atoms with Gasteiger partial charge in [-0.2, -0.15) is 4.98 Å². The molecule has 1 atom stereocenters. The number of likely N-dealkylation sites (N-methyl/N-ethyl adjacent to an activating group) is 1. The maximum atomic E-state index is 5.97. The highest BCUT2D eigenvalue weighted by molar-refractivity contribution is 6.30. The predicted molar refractivity (Wildman–Crippen MR) is 80.6 cm³/mol. The van der Waals surface area contributed by atoms with Crippen LogP contribution in [0.3, 0.4) is 0 Å². The van der Waals surface area contributed by atoms with Crippen molar-refractivity contribution < 1.29 is 9.26 Å². The van der Waals surface area contributed by atoms with Crippen LogP contribution in [0.4, 0.5) is 0 Å². The molecule has 1 aromatic carbocycles. The zero-order chi connectivity index (χ0) is 14.8. The Morgan fingerprint density at radius 1 is 1.48 bits per heavy atom. The van der Waals surface area contributed by atoms with E-state index in [-0.39, 0.29) is 0 Å². The summed E-state index contributed by atoms with van der Waals surface area (Å²) in [5.41, 5.74) is 0.782. The highest BCUT2D eigenvalue weighted by Gasteiger charge is 2.31. The Labute approximate surface area is 128 Å². The van der Waals surface area contributed by atoms with Crippen LogP contribution in [0, 0.1) is 5.92 Å². The molecule has 0 spiro atoms. The quantitative estimate of drug-likeness (QED) is 0.889. The molecule has 21 heavy (non-hydrogen) atoms. The highest BCUT2D eigenvalue weighted by Crippen LogP contribution is 2.34. The summed E-state index contributed by atoms with van der Waals surface area (Å²) in [4.78, 5) is 4.48. The fourth-order valence-corrected chi connectivity index (χ4v) is 2.65. The molecular formula is C15H18ClN3O2. The van der Waals surface area contributed by atoms with Crippen LogP contribution in [0.25, 0.3) is 11.4 Å². The molecule has 1 unspecified atom stereocenters. The van der Waals surface area contributed by atoms with Gasteiger partial charge in [-0.15, -0.1) is 0 Å². The first-order valence-corrected chi connectivity index (χ1v) is 7.43. The standard InChI is InChI=1S/C15H18ClN3O2/c1-17-12(9-3-4-9)8-14-18-15(19-21-14)11-6-5-10(16)7-13(11)20-2/h5-7,9,12,17H,3-4,8H2,1-2H3. The molecule has 0 bridgehead atoms. The SMILES string of the molecule is CNC(Cc1nc(-c2ccc(Cl)cc2OC)no1)C1CC1. The van der Waals surface area contributed by atoms with Crippen LogP contribution in [-0.4, -0.2) is 30.3 Å². The molecular weight excluding hydrogens is 290 g/mol. The first-order valence-electron chi connectivity index (χ1n) is 7.05. The van der Waals surface area contributed by atoms with Crippen molar-refractivity contribution in [2.75, 3.05) is 14.2 Å². The molecule has 1 fully saturated rings. The van der Waals surface area contributed by atoms with E-state index >= 15 is 0 Å². The second kappa shape index (κ2) is 6.03. The molecule has 1 aliphatic carbocycles. The number of hydrogen-bond acceptors (Lipinski definition) is 5. The average molecular weight is 308 g/mol. The van der Waals surface area contributed by atoms with Crippen LogP contribution < -0.4 is 10.1 Å². The number of rotatable bonds is 6. The van der Waals surface area contributed by atoms with E-state index in [9.17, 15) is 0 Å². The number of hydrogen-bond donors (Lipinski definition) is 1. The Hall–Kier alpha value is -1.59. The summed E-state index contributed by atoms with van der Waals surface area (Å²) in [6, 6.07) is 5.78. The number of nitrogens with one attached hydrogen (secondary N) is 1. The van der Waals surface area contributed by atoms with Crippen molar-refractivity contribution in [3.05, 3.63) is 29.1 Å². The summed E-state index contributed by atoms with van der Waals surface area (Å²) >= 11 is 5.97. The summed E-state index contributed by atoms with van der Waals surface area (Å²) in [7, 11) is 3.57. The van der Waals surface area contributed by atoms with Crippen LogP contribution in [0.5, 0.6) is 5.75 Å². The van der Waals surface area contributed by atoms with Crippen LogP contribution in [0.1, 0.15) is 18.7 Å². The lowest BCUT2D eigenvalue weighted by Crippen LogP contribution is -2.29. The van der Waals surface area contributed by atoms with Crippen molar-refractivity contribution in [1.82, 2.24) is 15.5 Å². The van der Waals surface area contributed by atoms with Gasteiger partial charge in [0.15, 0.2) is 0 Å². The van der Waals surface area contributed by atoms with Crippen LogP contribution in [0.15, 0.2) is 22.7 Å². The van der Waals surface area contributed by atoms with Crippen molar-refractivity contribution >= 4 is 11.6 Å². The normalized spacial score (nSPS) is 16.0. The Kier molecular flexibility index (Phi) is 4.12. The third kappa shape index (κ3) is 3.19. The van der Waals surface area contributed by atoms with E-state index in [4.69, 9.17) is 20.9 Å². The Morgan fingerprint density at radius 2 is 2.29 bits per heavy atom. The summed E-state index contributed by atoms with van der Waals surface area (Å²) in [5, 5.41) is 7.99. The third-order valence-electron chi connectivity index (χ3n) is 3.83. The summed E-state index contributed by atoms with van der Waals surface area (Å²) in [6.45, 7) is 0. The number of benzene rings is 1. The molecule has 5 nitrogen and oxygen atoms in total. The Balaban J connectivity index is 1.81. The average Bonchev–Trinajstić information content (AvgIpc) is 3.24. The fraction of sp³-hybridized carbons (Fsp3) is 0.467. The van der Waals surface area contributed by atoms with Crippen molar-refractivity contribution in [3.63, 3.8) is 0 Å². The molecule has 6 heteroatoms. The van der Waals surface area contributed by atoms with E-state index in [1.807, 2.05) is 13.1 Å². The highest BCUT2D eigenvalue weighted by atomic mass is 35.5. The molecule has 2 aromatic rings. The summed E-state index contributed by atoms with van der Waals surface area (Å²) in [6.07, 6.45) is 3.30. The molecule has 1 saturated carbocycles. The zero-order valence-electron chi connectivity index (χ0n) is 12.1. The minimum Gasteiger partial charge on any atom is -0.496 e. The number of nitrogens with zero attached hydrogens (tertiary/aromatic N) is 2. The van der Waals surface area contributed by atoms with Gasteiger partial charge in [-0.1, -0.05) is 16.8 Å². The number of methoxy groups -OCH3 is 1. The monoisotopic (exact) mass is 307 g/mol. The Morgan fingerprint density at radius 3 is 2.95 bits per heavy atom. The summed E-state index contributed by atoms with van der Waals surface area (Å²) < 4.78 is 10.7. The second-order valence-electron chi connectivity index (χ2n) is 5.29.